The van der Waals surface area contributed by atoms with E-state index >= 15 is 0 Å². The van der Waals surface area contributed by atoms with E-state index in [0.29, 0.717) is 26.4 Å². The molecule has 0 N–H and O–H groups in total. The summed E-state index contributed by atoms with van der Waals surface area (Å²) in [6, 6.07) is 9.46. The summed E-state index contributed by atoms with van der Waals surface area (Å²) in [5.74, 6) is 0. The number of amides is 2. The van der Waals surface area contributed by atoms with Gasteiger partial charge in [-0.3, -0.25) is 0 Å². The van der Waals surface area contributed by atoms with Crippen molar-refractivity contribution in [2.75, 3.05) is 26.4 Å². The Hall–Kier alpha value is -1.22. The van der Waals surface area contributed by atoms with Gasteiger partial charge in [0.2, 0.25) is 0 Å². The van der Waals surface area contributed by atoms with E-state index < -0.39 is 29.9 Å². The normalized spacial score (nSPS) is 11.4. The van der Waals surface area contributed by atoms with Gasteiger partial charge in [0.05, 0.1) is 0 Å². The van der Waals surface area contributed by atoms with Crippen molar-refractivity contribution in [2.45, 2.75) is 27.7 Å². The first-order valence-electron chi connectivity index (χ1n) is 8.87. The molecule has 1 aromatic rings. The molecule has 1 aromatic carbocycles. The number of rotatable bonds is 13. The van der Waals surface area contributed by atoms with Crippen LogP contribution in [0.1, 0.15) is 33.3 Å². The molecular formula is C18H26N2O6Se2. The third kappa shape index (κ3) is 8.85. The molecule has 0 aliphatic carbocycles. The Morgan fingerprint density at radius 2 is 1.29 bits per heavy atom. The molecule has 0 saturated carbocycles. The fourth-order valence-electron chi connectivity index (χ4n) is 1.79. The minimum atomic E-state index is -0.643. The molecular weight excluding hydrogens is 498 g/mol. The summed E-state index contributed by atoms with van der Waals surface area (Å²) in [7, 11) is 0. The van der Waals surface area contributed by atoms with Crippen LogP contribution in [0.15, 0.2) is 35.3 Å². The predicted molar refractivity (Wildman–Crippen MR) is 107 cm³/mol. The summed E-state index contributed by atoms with van der Waals surface area (Å²) in [6.45, 7) is 8.35. The molecule has 156 valence electrons. The van der Waals surface area contributed by atoms with E-state index in [1.807, 2.05) is 30.3 Å². The number of carbonyl (C=O) groups excluding carboxylic acids is 2. The van der Waals surface area contributed by atoms with Crippen molar-refractivity contribution in [3.8, 4) is 0 Å². The molecule has 0 atom stereocenters. The summed E-state index contributed by atoms with van der Waals surface area (Å²) in [5, 5.41) is 1.85. The van der Waals surface area contributed by atoms with Crippen LogP contribution in [0.3, 0.4) is 0 Å². The second-order valence-electron chi connectivity index (χ2n) is 4.79. The van der Waals surface area contributed by atoms with Crippen LogP contribution in [0.2, 0.25) is 0 Å². The van der Waals surface area contributed by atoms with Gasteiger partial charge in [-0.15, -0.1) is 0 Å². The molecule has 0 aromatic heterocycles. The summed E-state index contributed by atoms with van der Waals surface area (Å²) in [6.07, 6.45) is 0. The number of benzene rings is 1. The van der Waals surface area contributed by atoms with Crippen LogP contribution in [0, 0.1) is 0 Å². The first kappa shape index (κ1) is 24.8. The monoisotopic (exact) mass is 526 g/mol. The van der Waals surface area contributed by atoms with E-state index in [2.05, 4.69) is 0 Å². The van der Waals surface area contributed by atoms with Crippen LogP contribution in [0.5, 0.6) is 0 Å². The fraction of sp³-hybridized carbons (Fsp3) is 0.444. The Morgan fingerprint density at radius 1 is 0.821 bits per heavy atom. The van der Waals surface area contributed by atoms with Crippen LogP contribution in [0.4, 0.5) is 9.59 Å². The van der Waals surface area contributed by atoms with E-state index in [0.717, 1.165) is 20.5 Å². The topological polar surface area (TPSA) is 77.5 Å². The molecule has 0 spiro atoms. The standard InChI is InChI=1S/C18H26N2O6Se2/c1-5-23-19(24-6-2)17(21)27-14-16(15-12-10-9-11-13-15)28-18(22)20(25-7-3)26-8-4/h9-14H,5-8H2,1-4H3/b16-14+. The average Bonchev–Trinajstić information content (AvgIpc) is 2.71. The molecule has 0 saturated heterocycles. The molecule has 0 aliphatic heterocycles. The molecule has 0 radical (unpaired) electrons. The summed E-state index contributed by atoms with van der Waals surface area (Å²) >= 11 is -1.25. The van der Waals surface area contributed by atoms with Gasteiger partial charge in [0.1, 0.15) is 0 Å². The van der Waals surface area contributed by atoms with E-state index in [1.165, 1.54) is 0 Å². The number of hydrogen-bond acceptors (Lipinski definition) is 6. The van der Waals surface area contributed by atoms with Crippen molar-refractivity contribution in [3.05, 3.63) is 40.9 Å². The molecule has 8 nitrogen and oxygen atoms in total. The first-order chi connectivity index (χ1) is 13.6. The summed E-state index contributed by atoms with van der Waals surface area (Å²) in [5.41, 5.74) is 0.873. The molecule has 1 rings (SSSR count). The van der Waals surface area contributed by atoms with Crippen molar-refractivity contribution in [2.24, 2.45) is 0 Å². The van der Waals surface area contributed by atoms with Crippen LogP contribution < -0.4 is 0 Å². The van der Waals surface area contributed by atoms with Gasteiger partial charge >= 0.3 is 178 Å². The average molecular weight is 524 g/mol. The Balaban J connectivity index is 2.98. The molecule has 0 heterocycles. The molecule has 0 fully saturated rings. The number of hydrogen-bond donors (Lipinski definition) is 0. The Morgan fingerprint density at radius 3 is 1.75 bits per heavy atom. The summed E-state index contributed by atoms with van der Waals surface area (Å²) in [4.78, 5) is 47.1. The molecule has 2 amide bonds. The van der Waals surface area contributed by atoms with Gasteiger partial charge in [-0.05, 0) is 0 Å². The van der Waals surface area contributed by atoms with Crippen LogP contribution in [-0.2, 0) is 19.4 Å². The van der Waals surface area contributed by atoms with Crippen molar-refractivity contribution in [1.82, 2.24) is 10.5 Å². The van der Waals surface area contributed by atoms with Crippen molar-refractivity contribution in [3.63, 3.8) is 0 Å². The third-order valence-corrected chi connectivity index (χ3v) is 6.92. The van der Waals surface area contributed by atoms with Crippen LogP contribution in [0.25, 0.3) is 4.47 Å². The zero-order chi connectivity index (χ0) is 20.8. The van der Waals surface area contributed by atoms with E-state index in [9.17, 15) is 9.59 Å². The van der Waals surface area contributed by atoms with Gasteiger partial charge in [0.25, 0.3) is 0 Å². The zero-order valence-corrected chi connectivity index (χ0v) is 19.9. The third-order valence-electron chi connectivity index (χ3n) is 2.81. The Bertz CT molecular complexity index is 618. The molecule has 0 aliphatic rings. The van der Waals surface area contributed by atoms with Gasteiger partial charge < -0.3 is 0 Å². The van der Waals surface area contributed by atoms with Gasteiger partial charge in [-0.1, -0.05) is 0 Å². The number of hydroxylamine groups is 4. The minimum absolute atomic E-state index is 0.291. The van der Waals surface area contributed by atoms with Crippen LogP contribution >= 0.6 is 0 Å². The number of nitrogens with zero attached hydrogens (tertiary/aromatic N) is 2. The summed E-state index contributed by atoms with van der Waals surface area (Å²) < 4.78 is 0.767. The fourth-order valence-corrected chi connectivity index (χ4v) is 5.36. The zero-order valence-electron chi connectivity index (χ0n) is 16.5. The van der Waals surface area contributed by atoms with Crippen molar-refractivity contribution >= 4 is 44.0 Å². The van der Waals surface area contributed by atoms with E-state index in [-0.39, 0.29) is 9.61 Å². The second-order valence-corrected chi connectivity index (χ2v) is 8.59. The van der Waals surface area contributed by atoms with Gasteiger partial charge in [-0.25, -0.2) is 0 Å². The van der Waals surface area contributed by atoms with Crippen molar-refractivity contribution < 1.29 is 28.9 Å². The van der Waals surface area contributed by atoms with Crippen molar-refractivity contribution in [1.29, 1.82) is 0 Å². The molecule has 0 unspecified atom stereocenters. The maximum absolute atomic E-state index is 12.6. The SMILES string of the molecule is CCON(OCC)C(=O)[Se]/C=C(/[Se]C(=O)N(OCC)OCC)c1ccccc1. The molecule has 28 heavy (non-hydrogen) atoms. The van der Waals surface area contributed by atoms with Gasteiger partial charge in [-0.2, -0.15) is 0 Å². The Labute approximate surface area is 178 Å². The van der Waals surface area contributed by atoms with Crippen LogP contribution in [-0.4, -0.2) is 76.4 Å². The van der Waals surface area contributed by atoms with E-state index in [1.54, 1.807) is 32.7 Å². The molecule has 10 heteroatoms. The quantitative estimate of drug-likeness (QED) is 0.292. The van der Waals surface area contributed by atoms with E-state index in [4.69, 9.17) is 19.4 Å². The van der Waals surface area contributed by atoms with Gasteiger partial charge in [0.15, 0.2) is 0 Å². The second kappa shape index (κ2) is 14.7. The maximum atomic E-state index is 12.6. The predicted octanol–water partition coefficient (Wildman–Crippen LogP) is 3.04. The number of carbonyl (C=O) groups is 2. The van der Waals surface area contributed by atoms with Gasteiger partial charge in [0, 0.05) is 0 Å². The molecule has 0 bridgehead atoms. The Kier molecular flexibility index (Phi) is 13.1. The first-order valence-corrected chi connectivity index (χ1v) is 12.4.